The fourth-order valence-corrected chi connectivity index (χ4v) is 2.99. The van der Waals surface area contributed by atoms with E-state index in [0.29, 0.717) is 18.2 Å². The van der Waals surface area contributed by atoms with Gasteiger partial charge in [-0.3, -0.25) is 9.48 Å². The predicted octanol–water partition coefficient (Wildman–Crippen LogP) is 3.51. The number of rotatable bonds is 5. The number of hydrogen-bond donors (Lipinski definition) is 0. The molecule has 1 amide bonds. The number of aryl methyl sites for hydroxylation is 2. The van der Waals surface area contributed by atoms with Gasteiger partial charge in [0, 0.05) is 30.1 Å². The molecule has 0 atom stereocenters. The summed E-state index contributed by atoms with van der Waals surface area (Å²) in [5.41, 5.74) is 1.60. The van der Waals surface area contributed by atoms with Crippen LogP contribution in [0.4, 0.5) is 0 Å². The second kappa shape index (κ2) is 6.91. The number of nitrogens with zero attached hydrogens (tertiary/aromatic N) is 3. The van der Waals surface area contributed by atoms with E-state index in [9.17, 15) is 4.79 Å². The number of likely N-dealkylation sites (N-methyl/N-ethyl adjacent to an activating group) is 1. The van der Waals surface area contributed by atoms with E-state index in [1.54, 1.807) is 40.1 Å². The summed E-state index contributed by atoms with van der Waals surface area (Å²) in [6, 6.07) is 4.03. The first-order chi connectivity index (χ1) is 10.0. The van der Waals surface area contributed by atoms with Gasteiger partial charge in [-0.2, -0.15) is 5.10 Å². The molecule has 2 rings (SSSR count). The summed E-state index contributed by atoms with van der Waals surface area (Å²) >= 11 is 7.81. The van der Waals surface area contributed by atoms with E-state index in [1.165, 1.54) is 4.88 Å². The van der Waals surface area contributed by atoms with Crippen LogP contribution in [0.15, 0.2) is 23.6 Å². The fraction of sp³-hybridized carbons (Fsp3) is 0.333. The Morgan fingerprint density at radius 1 is 1.57 bits per heavy atom. The highest BCUT2D eigenvalue weighted by Crippen LogP contribution is 2.20. The van der Waals surface area contributed by atoms with Crippen LogP contribution < -0.4 is 0 Å². The first-order valence-corrected chi connectivity index (χ1v) is 7.97. The summed E-state index contributed by atoms with van der Waals surface area (Å²) in [4.78, 5) is 15.2. The van der Waals surface area contributed by atoms with Crippen molar-refractivity contribution in [2.45, 2.75) is 20.4 Å². The summed E-state index contributed by atoms with van der Waals surface area (Å²) in [6.07, 6.45) is 3.30. The number of hydrogen-bond acceptors (Lipinski definition) is 3. The molecule has 6 heteroatoms. The van der Waals surface area contributed by atoms with Crippen LogP contribution in [0.5, 0.6) is 0 Å². The zero-order chi connectivity index (χ0) is 15.4. The van der Waals surface area contributed by atoms with Crippen molar-refractivity contribution in [2.24, 2.45) is 7.05 Å². The van der Waals surface area contributed by atoms with Gasteiger partial charge in [0.2, 0.25) is 5.91 Å². The van der Waals surface area contributed by atoms with Gasteiger partial charge in [-0.1, -0.05) is 17.7 Å². The predicted molar refractivity (Wildman–Crippen MR) is 87.4 cm³/mol. The normalized spacial score (nSPS) is 11.2. The van der Waals surface area contributed by atoms with Gasteiger partial charge in [0.15, 0.2) is 0 Å². The van der Waals surface area contributed by atoms with Crippen LogP contribution in [-0.2, 0) is 18.4 Å². The van der Waals surface area contributed by atoms with E-state index in [2.05, 4.69) is 5.10 Å². The molecule has 0 aliphatic rings. The topological polar surface area (TPSA) is 38.1 Å². The van der Waals surface area contributed by atoms with Crippen molar-refractivity contribution in [3.63, 3.8) is 0 Å². The van der Waals surface area contributed by atoms with Crippen LogP contribution >= 0.6 is 22.9 Å². The van der Waals surface area contributed by atoms with Gasteiger partial charge in [-0.25, -0.2) is 0 Å². The third kappa shape index (κ3) is 3.74. The van der Waals surface area contributed by atoms with Crippen LogP contribution in [0.3, 0.4) is 0 Å². The van der Waals surface area contributed by atoms with Crippen molar-refractivity contribution in [1.29, 1.82) is 0 Å². The second-order valence-corrected chi connectivity index (χ2v) is 6.07. The highest BCUT2D eigenvalue weighted by molar-refractivity contribution is 7.09. The molecule has 21 heavy (non-hydrogen) atoms. The van der Waals surface area contributed by atoms with Gasteiger partial charge >= 0.3 is 0 Å². The minimum atomic E-state index is -0.0229. The minimum Gasteiger partial charge on any atom is -0.334 e. The van der Waals surface area contributed by atoms with Crippen LogP contribution in [0.25, 0.3) is 6.08 Å². The Morgan fingerprint density at radius 2 is 2.33 bits per heavy atom. The van der Waals surface area contributed by atoms with Gasteiger partial charge in [-0.15, -0.1) is 11.3 Å². The van der Waals surface area contributed by atoms with Crippen LogP contribution in [0.1, 0.15) is 23.1 Å². The summed E-state index contributed by atoms with van der Waals surface area (Å²) < 4.78 is 1.60. The standard InChI is InChI=1S/C15H18ClN3OS/c1-4-19(10-12-6-5-9-21-12)14(20)8-7-13-11(2)17-18(3)15(13)16/h5-9H,4,10H2,1-3H3/b8-7+. The maximum absolute atomic E-state index is 12.3. The number of halogens is 1. The molecule has 2 heterocycles. The number of carbonyl (C=O) groups excluding carboxylic acids is 1. The van der Waals surface area contributed by atoms with E-state index in [0.717, 1.165) is 11.3 Å². The van der Waals surface area contributed by atoms with E-state index in [4.69, 9.17) is 11.6 Å². The van der Waals surface area contributed by atoms with Crippen molar-refractivity contribution in [1.82, 2.24) is 14.7 Å². The molecule has 0 aliphatic carbocycles. The molecule has 0 saturated carbocycles. The molecule has 0 spiro atoms. The fourth-order valence-electron chi connectivity index (χ4n) is 2.03. The first-order valence-electron chi connectivity index (χ1n) is 6.71. The third-order valence-corrected chi connectivity index (χ3v) is 4.52. The van der Waals surface area contributed by atoms with Crippen molar-refractivity contribution < 1.29 is 4.79 Å². The lowest BCUT2D eigenvalue weighted by atomic mass is 10.2. The molecule has 0 saturated heterocycles. The highest BCUT2D eigenvalue weighted by Gasteiger charge is 2.12. The lowest BCUT2D eigenvalue weighted by molar-refractivity contribution is -0.126. The van der Waals surface area contributed by atoms with Crippen molar-refractivity contribution in [3.8, 4) is 0 Å². The monoisotopic (exact) mass is 323 g/mol. The van der Waals surface area contributed by atoms with E-state index < -0.39 is 0 Å². The number of aromatic nitrogens is 2. The minimum absolute atomic E-state index is 0.0229. The van der Waals surface area contributed by atoms with Gasteiger partial charge in [0.05, 0.1) is 12.2 Å². The molecule has 0 bridgehead atoms. The second-order valence-electron chi connectivity index (χ2n) is 4.68. The Kier molecular flexibility index (Phi) is 5.20. The molecule has 0 N–H and O–H groups in total. The van der Waals surface area contributed by atoms with Crippen LogP contribution in [0, 0.1) is 6.92 Å². The quantitative estimate of drug-likeness (QED) is 0.790. The van der Waals surface area contributed by atoms with Gasteiger partial charge < -0.3 is 4.90 Å². The molecule has 0 radical (unpaired) electrons. The van der Waals surface area contributed by atoms with E-state index in [1.807, 2.05) is 31.4 Å². The molecular weight excluding hydrogens is 306 g/mol. The smallest absolute Gasteiger partial charge is 0.246 e. The van der Waals surface area contributed by atoms with E-state index in [-0.39, 0.29) is 5.91 Å². The maximum atomic E-state index is 12.3. The van der Waals surface area contributed by atoms with Crippen LogP contribution in [0.2, 0.25) is 5.15 Å². The van der Waals surface area contributed by atoms with Gasteiger partial charge in [-0.05, 0) is 31.4 Å². The summed E-state index contributed by atoms with van der Waals surface area (Å²) in [5.74, 6) is -0.0229. The van der Waals surface area contributed by atoms with E-state index >= 15 is 0 Å². The molecular formula is C15H18ClN3OS. The molecule has 0 fully saturated rings. The Balaban J connectivity index is 2.10. The van der Waals surface area contributed by atoms with Gasteiger partial charge in [0.1, 0.15) is 5.15 Å². The number of carbonyl (C=O) groups is 1. The zero-order valence-electron chi connectivity index (χ0n) is 12.3. The average Bonchev–Trinajstić information content (AvgIpc) is 3.04. The number of amides is 1. The van der Waals surface area contributed by atoms with Crippen molar-refractivity contribution >= 4 is 34.9 Å². The third-order valence-electron chi connectivity index (χ3n) is 3.21. The molecule has 0 unspecified atom stereocenters. The molecule has 2 aromatic rings. The zero-order valence-corrected chi connectivity index (χ0v) is 13.9. The summed E-state index contributed by atoms with van der Waals surface area (Å²) in [6.45, 7) is 5.15. The molecule has 112 valence electrons. The summed E-state index contributed by atoms with van der Waals surface area (Å²) in [7, 11) is 1.78. The van der Waals surface area contributed by atoms with Crippen LogP contribution in [-0.4, -0.2) is 27.1 Å². The SMILES string of the molecule is CCN(Cc1cccs1)C(=O)/C=C/c1c(C)nn(C)c1Cl. The Bertz CT molecular complexity index is 646. The largest absolute Gasteiger partial charge is 0.334 e. The lowest BCUT2D eigenvalue weighted by Gasteiger charge is -2.18. The first kappa shape index (κ1) is 15.8. The number of thiophene rings is 1. The lowest BCUT2D eigenvalue weighted by Crippen LogP contribution is -2.28. The van der Waals surface area contributed by atoms with Crippen molar-refractivity contribution in [3.05, 3.63) is 44.9 Å². The maximum Gasteiger partial charge on any atom is 0.246 e. The Labute approximate surface area is 133 Å². The molecule has 0 aliphatic heterocycles. The highest BCUT2D eigenvalue weighted by atomic mass is 35.5. The molecule has 4 nitrogen and oxygen atoms in total. The molecule has 0 aromatic carbocycles. The summed E-state index contributed by atoms with van der Waals surface area (Å²) in [5, 5.41) is 6.78. The van der Waals surface area contributed by atoms with Crippen molar-refractivity contribution in [2.75, 3.05) is 6.54 Å². The molecule has 2 aromatic heterocycles. The average molecular weight is 324 g/mol. The Hall–Kier alpha value is -1.59. The van der Waals surface area contributed by atoms with Gasteiger partial charge in [0.25, 0.3) is 0 Å². The Morgan fingerprint density at radius 3 is 2.86 bits per heavy atom.